The minimum Gasteiger partial charge on any atom is -0.330 e. The van der Waals surface area contributed by atoms with E-state index < -0.39 is 0 Å². The Hall–Kier alpha value is -0.890. The summed E-state index contributed by atoms with van der Waals surface area (Å²) >= 11 is 0. The first-order valence-electron chi connectivity index (χ1n) is 6.95. The molecule has 2 N–H and O–H groups in total. The van der Waals surface area contributed by atoms with Gasteiger partial charge in [-0.05, 0) is 48.8 Å². The summed E-state index contributed by atoms with van der Waals surface area (Å²) in [6, 6.07) is 4.26. The van der Waals surface area contributed by atoms with Gasteiger partial charge in [-0.1, -0.05) is 32.3 Å². The van der Waals surface area contributed by atoms with Crippen LogP contribution in [-0.2, 0) is 0 Å². The normalized spacial score (nSPS) is 29.2. The molecule has 0 saturated heterocycles. The molecular weight excluding hydrogens is 208 g/mol. The summed E-state index contributed by atoms with van der Waals surface area (Å²) in [4.78, 5) is 4.26. The lowest BCUT2D eigenvalue weighted by Gasteiger charge is -2.35. The fraction of sp³-hybridized carbons (Fsp3) is 0.667. The lowest BCUT2D eigenvalue weighted by Crippen LogP contribution is -2.29. The van der Waals surface area contributed by atoms with Crippen LogP contribution in [0.15, 0.2) is 24.5 Å². The summed E-state index contributed by atoms with van der Waals surface area (Å²) in [6.45, 7) is 3.10. The number of aromatic nitrogens is 1. The Morgan fingerprint density at radius 1 is 1.41 bits per heavy atom. The Morgan fingerprint density at radius 2 is 2.29 bits per heavy atom. The smallest absolute Gasteiger partial charge is 0.0302 e. The highest BCUT2D eigenvalue weighted by Crippen LogP contribution is 2.41. The predicted molar refractivity (Wildman–Crippen MR) is 71.8 cm³/mol. The van der Waals surface area contributed by atoms with Gasteiger partial charge in [0.15, 0.2) is 0 Å². The summed E-state index contributed by atoms with van der Waals surface area (Å²) in [5.74, 6) is 2.19. The van der Waals surface area contributed by atoms with E-state index in [1.807, 2.05) is 18.5 Å². The number of hydrogen-bond acceptors (Lipinski definition) is 2. The summed E-state index contributed by atoms with van der Waals surface area (Å²) in [5, 5.41) is 0. The van der Waals surface area contributed by atoms with E-state index >= 15 is 0 Å². The minimum absolute atomic E-state index is 0.638. The molecule has 1 fully saturated rings. The molecule has 0 bridgehead atoms. The lowest BCUT2D eigenvalue weighted by atomic mass is 9.70. The molecule has 17 heavy (non-hydrogen) atoms. The van der Waals surface area contributed by atoms with E-state index in [9.17, 15) is 0 Å². The quantitative estimate of drug-likeness (QED) is 0.864. The number of pyridine rings is 1. The summed E-state index contributed by atoms with van der Waals surface area (Å²) in [7, 11) is 0. The number of nitrogens with zero attached hydrogens (tertiary/aromatic N) is 1. The highest BCUT2D eigenvalue weighted by molar-refractivity contribution is 5.17. The fourth-order valence-electron chi connectivity index (χ4n) is 3.28. The van der Waals surface area contributed by atoms with E-state index in [0.29, 0.717) is 11.8 Å². The molecule has 1 saturated carbocycles. The van der Waals surface area contributed by atoms with Gasteiger partial charge < -0.3 is 5.73 Å². The molecule has 0 aliphatic heterocycles. The molecule has 2 nitrogen and oxygen atoms in total. The van der Waals surface area contributed by atoms with Crippen molar-refractivity contribution in [1.29, 1.82) is 0 Å². The summed E-state index contributed by atoms with van der Waals surface area (Å²) in [6.07, 6.45) is 10.5. The SMILES string of the molecule is CCCC1CCC(CN)C(c2cccnc2)C1. The van der Waals surface area contributed by atoms with Crippen LogP contribution in [0.2, 0.25) is 0 Å². The van der Waals surface area contributed by atoms with Crippen molar-refractivity contribution >= 4 is 0 Å². The van der Waals surface area contributed by atoms with Crippen LogP contribution in [0, 0.1) is 11.8 Å². The van der Waals surface area contributed by atoms with Crippen molar-refractivity contribution in [3.05, 3.63) is 30.1 Å². The van der Waals surface area contributed by atoms with Crippen molar-refractivity contribution in [1.82, 2.24) is 4.98 Å². The Kier molecular flexibility index (Phi) is 4.55. The van der Waals surface area contributed by atoms with Gasteiger partial charge in [-0.15, -0.1) is 0 Å². The first-order valence-corrected chi connectivity index (χ1v) is 6.95. The van der Waals surface area contributed by atoms with Gasteiger partial charge in [0.2, 0.25) is 0 Å². The molecule has 0 radical (unpaired) electrons. The van der Waals surface area contributed by atoms with Crippen LogP contribution in [0.3, 0.4) is 0 Å². The molecule has 1 aliphatic rings. The lowest BCUT2D eigenvalue weighted by molar-refractivity contribution is 0.230. The van der Waals surface area contributed by atoms with Crippen LogP contribution in [0.25, 0.3) is 0 Å². The van der Waals surface area contributed by atoms with Crippen LogP contribution in [-0.4, -0.2) is 11.5 Å². The number of nitrogens with two attached hydrogens (primary N) is 1. The molecular formula is C15H24N2. The van der Waals surface area contributed by atoms with E-state index in [-0.39, 0.29) is 0 Å². The van der Waals surface area contributed by atoms with E-state index in [1.165, 1.54) is 37.7 Å². The van der Waals surface area contributed by atoms with E-state index in [1.54, 1.807) is 0 Å². The van der Waals surface area contributed by atoms with Gasteiger partial charge in [0.25, 0.3) is 0 Å². The molecule has 2 heteroatoms. The second kappa shape index (κ2) is 6.15. The van der Waals surface area contributed by atoms with Gasteiger partial charge in [0.1, 0.15) is 0 Å². The maximum absolute atomic E-state index is 5.93. The minimum atomic E-state index is 0.638. The topological polar surface area (TPSA) is 38.9 Å². The third-order valence-corrected chi connectivity index (χ3v) is 4.21. The van der Waals surface area contributed by atoms with E-state index in [4.69, 9.17) is 5.73 Å². The van der Waals surface area contributed by atoms with Crippen molar-refractivity contribution in [2.75, 3.05) is 6.54 Å². The largest absolute Gasteiger partial charge is 0.330 e. The third-order valence-electron chi connectivity index (χ3n) is 4.21. The Bertz CT molecular complexity index is 323. The molecule has 1 aromatic heterocycles. The van der Waals surface area contributed by atoms with E-state index in [0.717, 1.165) is 12.5 Å². The molecule has 0 aromatic carbocycles. The monoisotopic (exact) mass is 232 g/mol. The first-order chi connectivity index (χ1) is 8.35. The number of rotatable bonds is 4. The number of hydrogen-bond donors (Lipinski definition) is 1. The van der Waals surface area contributed by atoms with Crippen molar-refractivity contribution in [3.8, 4) is 0 Å². The zero-order chi connectivity index (χ0) is 12.1. The average molecular weight is 232 g/mol. The molecule has 0 spiro atoms. The molecule has 3 unspecified atom stereocenters. The average Bonchev–Trinajstić information content (AvgIpc) is 2.40. The molecule has 1 aromatic rings. The van der Waals surface area contributed by atoms with Crippen molar-refractivity contribution in [2.45, 2.75) is 44.9 Å². The maximum Gasteiger partial charge on any atom is 0.0302 e. The molecule has 1 heterocycles. The third kappa shape index (κ3) is 3.06. The van der Waals surface area contributed by atoms with Gasteiger partial charge in [-0.2, -0.15) is 0 Å². The molecule has 2 rings (SSSR count). The second-order valence-corrected chi connectivity index (χ2v) is 5.36. The van der Waals surface area contributed by atoms with Crippen LogP contribution < -0.4 is 5.73 Å². The van der Waals surface area contributed by atoms with Gasteiger partial charge in [0, 0.05) is 12.4 Å². The van der Waals surface area contributed by atoms with Crippen LogP contribution in [0.4, 0.5) is 0 Å². The van der Waals surface area contributed by atoms with Gasteiger partial charge in [0.05, 0.1) is 0 Å². The summed E-state index contributed by atoms with van der Waals surface area (Å²) in [5.41, 5.74) is 7.32. The molecule has 3 atom stereocenters. The zero-order valence-electron chi connectivity index (χ0n) is 10.8. The van der Waals surface area contributed by atoms with Gasteiger partial charge in [-0.3, -0.25) is 4.98 Å². The molecule has 94 valence electrons. The van der Waals surface area contributed by atoms with Crippen LogP contribution >= 0.6 is 0 Å². The Labute approximate surface area is 105 Å². The standard InChI is InChI=1S/C15H24N2/c1-2-4-12-6-7-13(10-16)15(9-12)14-5-3-8-17-11-14/h3,5,8,11-13,15H,2,4,6-7,9-10,16H2,1H3. The van der Waals surface area contributed by atoms with Crippen LogP contribution in [0.1, 0.15) is 50.5 Å². The Balaban J connectivity index is 2.10. The van der Waals surface area contributed by atoms with E-state index in [2.05, 4.69) is 18.0 Å². The van der Waals surface area contributed by atoms with Crippen molar-refractivity contribution in [2.24, 2.45) is 17.6 Å². The van der Waals surface area contributed by atoms with Gasteiger partial charge >= 0.3 is 0 Å². The van der Waals surface area contributed by atoms with Crippen LogP contribution in [0.5, 0.6) is 0 Å². The fourth-order valence-corrected chi connectivity index (χ4v) is 3.28. The zero-order valence-corrected chi connectivity index (χ0v) is 10.8. The summed E-state index contributed by atoms with van der Waals surface area (Å²) < 4.78 is 0. The first kappa shape index (κ1) is 12.6. The maximum atomic E-state index is 5.93. The highest BCUT2D eigenvalue weighted by Gasteiger charge is 2.30. The molecule has 0 amide bonds. The Morgan fingerprint density at radius 3 is 2.94 bits per heavy atom. The highest BCUT2D eigenvalue weighted by atomic mass is 14.6. The van der Waals surface area contributed by atoms with Crippen molar-refractivity contribution in [3.63, 3.8) is 0 Å². The molecule has 1 aliphatic carbocycles. The van der Waals surface area contributed by atoms with Gasteiger partial charge in [-0.25, -0.2) is 0 Å². The predicted octanol–water partition coefficient (Wildman–Crippen LogP) is 3.34. The second-order valence-electron chi connectivity index (χ2n) is 5.36. The van der Waals surface area contributed by atoms with Crippen molar-refractivity contribution < 1.29 is 0 Å².